The molecule has 0 amide bonds. The van der Waals surface area contributed by atoms with Crippen LogP contribution in [-0.4, -0.2) is 5.33 Å². The van der Waals surface area contributed by atoms with Gasteiger partial charge in [-0.15, -0.1) is 0 Å². The summed E-state index contributed by atoms with van der Waals surface area (Å²) in [5, 5.41) is 0.966. The summed E-state index contributed by atoms with van der Waals surface area (Å²) in [5.41, 5.74) is 2.28. The third-order valence-electron chi connectivity index (χ3n) is 1.96. The van der Waals surface area contributed by atoms with Gasteiger partial charge in [0.15, 0.2) is 0 Å². The van der Waals surface area contributed by atoms with Crippen molar-refractivity contribution in [1.29, 1.82) is 0 Å². The van der Waals surface area contributed by atoms with Crippen LogP contribution in [0.15, 0.2) is 48.6 Å². The minimum Gasteiger partial charge on any atom is -0.0988 e. The number of hydrogen-bond donors (Lipinski definition) is 0. The second kappa shape index (κ2) is 8.72. The van der Waals surface area contributed by atoms with Gasteiger partial charge in [0.05, 0.1) is 0 Å². The summed E-state index contributed by atoms with van der Waals surface area (Å²) in [5.74, 6) is 0.708. The molecule has 0 aliphatic rings. The van der Waals surface area contributed by atoms with Crippen molar-refractivity contribution >= 4 is 15.9 Å². The van der Waals surface area contributed by atoms with Gasteiger partial charge >= 0.3 is 0 Å². The van der Waals surface area contributed by atoms with Gasteiger partial charge < -0.3 is 0 Å². The average Bonchev–Trinajstić information content (AvgIpc) is 2.16. The molecule has 84 valence electrons. The molecule has 0 unspecified atom stereocenters. The van der Waals surface area contributed by atoms with Crippen LogP contribution in [0.1, 0.15) is 26.7 Å². The monoisotopic (exact) mass is 268 g/mol. The van der Waals surface area contributed by atoms with E-state index < -0.39 is 0 Å². The van der Waals surface area contributed by atoms with Gasteiger partial charge in [0.2, 0.25) is 0 Å². The normalized spacial score (nSPS) is 12.4. The number of rotatable bonds is 7. The molecule has 0 rings (SSSR count). The summed E-state index contributed by atoms with van der Waals surface area (Å²) in [4.78, 5) is 0. The Morgan fingerprint density at radius 2 is 2.07 bits per heavy atom. The minimum absolute atomic E-state index is 0.708. The van der Waals surface area contributed by atoms with Gasteiger partial charge in [-0.2, -0.15) is 0 Å². The van der Waals surface area contributed by atoms with Crippen molar-refractivity contribution in [2.24, 2.45) is 5.92 Å². The molecule has 0 aliphatic carbocycles. The fourth-order valence-corrected chi connectivity index (χ4v) is 1.58. The zero-order chi connectivity index (χ0) is 11.7. The fourth-order valence-electron chi connectivity index (χ4n) is 1.12. The molecule has 0 fully saturated rings. The molecule has 0 aromatic rings. The van der Waals surface area contributed by atoms with Crippen molar-refractivity contribution in [2.45, 2.75) is 26.7 Å². The van der Waals surface area contributed by atoms with Crippen molar-refractivity contribution < 1.29 is 0 Å². The number of allylic oxidation sites excluding steroid dienone is 6. The average molecular weight is 269 g/mol. The molecule has 0 bridgehead atoms. The van der Waals surface area contributed by atoms with Crippen LogP contribution in [0.2, 0.25) is 0 Å². The van der Waals surface area contributed by atoms with Crippen LogP contribution < -0.4 is 0 Å². The third-order valence-corrected chi connectivity index (χ3v) is 2.35. The van der Waals surface area contributed by atoms with Gasteiger partial charge in [0.1, 0.15) is 0 Å². The molecule has 0 aromatic heterocycles. The lowest BCUT2D eigenvalue weighted by molar-refractivity contribution is 0.663. The molecule has 0 aromatic carbocycles. The standard InChI is InChI=1S/C14H21Br/c1-5-14(9-10-15)11-13(4)8-6-7-12(2)3/h5-6,8,11-12H,1,4,7,9-10H2,2-3H3/b8-6-,14-11-. The maximum Gasteiger partial charge on any atom is 0.00718 e. The molecule has 0 nitrogen and oxygen atoms in total. The topological polar surface area (TPSA) is 0 Å². The summed E-state index contributed by atoms with van der Waals surface area (Å²) in [6.07, 6.45) is 10.3. The highest BCUT2D eigenvalue weighted by atomic mass is 79.9. The molecule has 0 heterocycles. The van der Waals surface area contributed by atoms with E-state index in [-0.39, 0.29) is 0 Å². The van der Waals surface area contributed by atoms with Gasteiger partial charge in [-0.1, -0.05) is 67.2 Å². The first-order valence-corrected chi connectivity index (χ1v) is 6.46. The van der Waals surface area contributed by atoms with Crippen LogP contribution in [0.25, 0.3) is 0 Å². The first-order valence-electron chi connectivity index (χ1n) is 5.34. The quantitative estimate of drug-likeness (QED) is 0.448. The summed E-state index contributed by atoms with van der Waals surface area (Å²) < 4.78 is 0. The Morgan fingerprint density at radius 3 is 2.53 bits per heavy atom. The van der Waals surface area contributed by atoms with Crippen molar-refractivity contribution in [1.82, 2.24) is 0 Å². The van der Waals surface area contributed by atoms with Gasteiger partial charge in [-0.25, -0.2) is 0 Å². The van der Waals surface area contributed by atoms with E-state index in [2.05, 4.69) is 61.2 Å². The number of alkyl halides is 1. The lowest BCUT2D eigenvalue weighted by Gasteiger charge is -1.99. The summed E-state index contributed by atoms with van der Waals surface area (Å²) in [7, 11) is 0. The first kappa shape index (κ1) is 14.4. The smallest absolute Gasteiger partial charge is 0.00718 e. The highest BCUT2D eigenvalue weighted by Gasteiger charge is 1.92. The van der Waals surface area contributed by atoms with E-state index in [1.807, 2.05) is 6.08 Å². The lowest BCUT2D eigenvalue weighted by Crippen LogP contribution is -1.83. The molecule has 0 spiro atoms. The van der Waals surface area contributed by atoms with Crippen LogP contribution in [0.4, 0.5) is 0 Å². The highest BCUT2D eigenvalue weighted by molar-refractivity contribution is 9.09. The molecular weight excluding hydrogens is 248 g/mol. The predicted molar refractivity (Wildman–Crippen MR) is 74.4 cm³/mol. The van der Waals surface area contributed by atoms with E-state index in [1.54, 1.807) is 0 Å². The molecule has 0 atom stereocenters. The summed E-state index contributed by atoms with van der Waals surface area (Å²) in [6, 6.07) is 0. The van der Waals surface area contributed by atoms with Crippen LogP contribution in [0.3, 0.4) is 0 Å². The van der Waals surface area contributed by atoms with Crippen molar-refractivity contribution in [2.75, 3.05) is 5.33 Å². The molecule has 0 aliphatic heterocycles. The van der Waals surface area contributed by atoms with Crippen molar-refractivity contribution in [3.05, 3.63) is 48.6 Å². The largest absolute Gasteiger partial charge is 0.0988 e. The van der Waals surface area contributed by atoms with Crippen LogP contribution in [0, 0.1) is 5.92 Å². The number of hydrogen-bond acceptors (Lipinski definition) is 0. The molecule has 1 heteroatoms. The molecule has 0 N–H and O–H groups in total. The maximum absolute atomic E-state index is 4.00. The van der Waals surface area contributed by atoms with Crippen LogP contribution in [0.5, 0.6) is 0 Å². The van der Waals surface area contributed by atoms with E-state index in [9.17, 15) is 0 Å². The van der Waals surface area contributed by atoms with E-state index in [1.165, 1.54) is 5.57 Å². The van der Waals surface area contributed by atoms with Gasteiger partial charge in [0.25, 0.3) is 0 Å². The van der Waals surface area contributed by atoms with E-state index >= 15 is 0 Å². The van der Waals surface area contributed by atoms with Crippen LogP contribution in [-0.2, 0) is 0 Å². The third kappa shape index (κ3) is 8.44. The van der Waals surface area contributed by atoms with Gasteiger partial charge in [0, 0.05) is 5.33 Å². The molecule has 0 saturated carbocycles. The zero-order valence-electron chi connectivity index (χ0n) is 9.80. The van der Waals surface area contributed by atoms with E-state index in [4.69, 9.17) is 0 Å². The number of halogens is 1. The molecule has 15 heavy (non-hydrogen) atoms. The molecule has 0 radical (unpaired) electrons. The Kier molecular flexibility index (Phi) is 8.40. The van der Waals surface area contributed by atoms with E-state index in [0.29, 0.717) is 5.92 Å². The Labute approximate surface area is 103 Å². The lowest BCUT2D eigenvalue weighted by atomic mass is 10.1. The van der Waals surface area contributed by atoms with Crippen LogP contribution >= 0.6 is 15.9 Å². The second-order valence-electron chi connectivity index (χ2n) is 3.97. The summed E-state index contributed by atoms with van der Waals surface area (Å²) >= 11 is 3.42. The second-order valence-corrected chi connectivity index (χ2v) is 4.76. The summed E-state index contributed by atoms with van der Waals surface area (Å²) in [6.45, 7) is 12.2. The fraction of sp³-hybridized carbons (Fsp3) is 0.429. The van der Waals surface area contributed by atoms with Gasteiger partial charge in [-0.05, 0) is 29.9 Å². The molecular formula is C14H21Br. The Hall–Kier alpha value is -0.560. The van der Waals surface area contributed by atoms with Gasteiger partial charge in [-0.3, -0.25) is 0 Å². The SMILES string of the molecule is C=C/C(=C/C(=C)/C=C\CC(C)C)CCBr. The van der Waals surface area contributed by atoms with Crippen molar-refractivity contribution in [3.8, 4) is 0 Å². The Balaban J connectivity index is 4.20. The minimum atomic E-state index is 0.708. The van der Waals surface area contributed by atoms with E-state index in [0.717, 1.165) is 23.7 Å². The zero-order valence-corrected chi connectivity index (χ0v) is 11.4. The Bertz CT molecular complexity index is 257. The first-order chi connectivity index (χ1) is 7.10. The predicted octanol–water partition coefficient (Wildman–Crippen LogP) is 5.04. The molecule has 0 saturated heterocycles. The maximum atomic E-state index is 4.00. The highest BCUT2D eigenvalue weighted by Crippen LogP contribution is 2.10. The Morgan fingerprint density at radius 1 is 1.40 bits per heavy atom. The van der Waals surface area contributed by atoms with Crippen molar-refractivity contribution in [3.63, 3.8) is 0 Å².